The van der Waals surface area contributed by atoms with Crippen LogP contribution < -0.4 is 10.5 Å². The van der Waals surface area contributed by atoms with E-state index < -0.39 is 22.4 Å². The van der Waals surface area contributed by atoms with E-state index in [1.165, 1.54) is 18.2 Å². The van der Waals surface area contributed by atoms with Crippen molar-refractivity contribution in [3.63, 3.8) is 0 Å². The highest BCUT2D eigenvalue weighted by molar-refractivity contribution is 7.92. The van der Waals surface area contributed by atoms with Crippen molar-refractivity contribution < 1.29 is 17.9 Å². The molecule has 0 radical (unpaired) electrons. The van der Waals surface area contributed by atoms with Crippen LogP contribution in [0.5, 0.6) is 0 Å². The molecule has 0 aliphatic rings. The molecule has 0 fully saturated rings. The summed E-state index contributed by atoms with van der Waals surface area (Å²) in [5, 5.41) is 9.92. The first-order valence-electron chi connectivity index (χ1n) is 9.55. The van der Waals surface area contributed by atoms with E-state index in [0.717, 1.165) is 5.52 Å². The van der Waals surface area contributed by atoms with Gasteiger partial charge in [0.2, 0.25) is 0 Å². The number of sulfonamides is 1. The predicted octanol–water partition coefficient (Wildman–Crippen LogP) is 4.22. The summed E-state index contributed by atoms with van der Waals surface area (Å²) in [6.07, 6.45) is 3.28. The number of halogens is 2. The minimum absolute atomic E-state index is 0.116. The zero-order valence-electron chi connectivity index (χ0n) is 17.2. The summed E-state index contributed by atoms with van der Waals surface area (Å²) in [4.78, 5) is 3.84. The summed E-state index contributed by atoms with van der Waals surface area (Å²) >= 11 is 6.19. The van der Waals surface area contributed by atoms with E-state index in [4.69, 9.17) is 17.3 Å². The molecule has 0 amide bonds. The maximum absolute atomic E-state index is 15.5. The largest absolute Gasteiger partial charge is 0.392 e. The third-order valence-corrected chi connectivity index (χ3v) is 7.13. The second-order valence-electron chi connectivity index (χ2n) is 7.41. The van der Waals surface area contributed by atoms with Crippen LogP contribution >= 0.6 is 11.6 Å². The third-order valence-electron chi connectivity index (χ3n) is 5.18. The third kappa shape index (κ3) is 3.68. The molecule has 0 unspecified atom stereocenters. The molecule has 0 spiro atoms. The summed E-state index contributed by atoms with van der Waals surface area (Å²) in [7, 11) is -2.44. The first kappa shape index (κ1) is 22.1. The fraction of sp³-hybridized carbons (Fsp3) is 0.136. The zero-order valence-corrected chi connectivity index (χ0v) is 18.8. The number of anilines is 2. The molecule has 32 heavy (non-hydrogen) atoms. The molecular weight excluding hydrogens is 455 g/mol. The summed E-state index contributed by atoms with van der Waals surface area (Å²) < 4.78 is 45.7. The maximum Gasteiger partial charge on any atom is 0.263 e. The van der Waals surface area contributed by atoms with Gasteiger partial charge in [-0.05, 0) is 36.2 Å². The van der Waals surface area contributed by atoms with Crippen molar-refractivity contribution in [2.24, 2.45) is 7.05 Å². The Morgan fingerprint density at radius 2 is 2.00 bits per heavy atom. The van der Waals surface area contributed by atoms with Gasteiger partial charge in [-0.3, -0.25) is 4.72 Å². The molecule has 7 nitrogen and oxygen atoms in total. The summed E-state index contributed by atoms with van der Waals surface area (Å²) in [6, 6.07) is 9.11. The Hall–Kier alpha value is -3.14. The van der Waals surface area contributed by atoms with Gasteiger partial charge in [-0.15, -0.1) is 0 Å². The molecule has 4 rings (SSSR count). The number of nitrogens with zero attached hydrogens (tertiary/aromatic N) is 2. The average molecular weight is 475 g/mol. The van der Waals surface area contributed by atoms with Crippen molar-refractivity contribution in [3.05, 3.63) is 70.8 Å². The Labute approximate surface area is 189 Å². The Morgan fingerprint density at radius 3 is 2.72 bits per heavy atom. The topological polar surface area (TPSA) is 110 Å². The van der Waals surface area contributed by atoms with Gasteiger partial charge in [0.1, 0.15) is 10.7 Å². The Bertz CT molecular complexity index is 1470. The number of aromatic nitrogens is 2. The molecule has 0 atom stereocenters. The number of fused-ring (bicyclic) bond motifs is 1. The second-order valence-corrected chi connectivity index (χ2v) is 9.44. The van der Waals surface area contributed by atoms with Crippen LogP contribution in [0.25, 0.3) is 22.0 Å². The highest BCUT2D eigenvalue weighted by atomic mass is 35.5. The van der Waals surface area contributed by atoms with Crippen LogP contribution in [0.4, 0.5) is 15.9 Å². The van der Waals surface area contributed by atoms with Crippen molar-refractivity contribution in [3.8, 4) is 11.1 Å². The van der Waals surface area contributed by atoms with Crippen molar-refractivity contribution in [2.75, 3.05) is 10.5 Å². The standard InChI is InChI=1S/C22H20ClFN4O3S/c1-12-8-13(11-29)20(23)18(9-12)32(30,31)27-16-5-3-4-14(21(16)24)15-10-28(2)17-6-7-26-22(25)19(15)17/h3-10,27,29H,11H2,1-2H3,(H2,25,26). The number of hydrogen-bond acceptors (Lipinski definition) is 5. The van der Waals surface area contributed by atoms with Gasteiger partial charge in [0.15, 0.2) is 5.82 Å². The second kappa shape index (κ2) is 8.09. The number of aliphatic hydroxyl groups excluding tert-OH is 1. The van der Waals surface area contributed by atoms with Crippen LogP contribution in [0.15, 0.2) is 53.7 Å². The number of nitrogens with one attached hydrogen (secondary N) is 1. The van der Waals surface area contributed by atoms with Gasteiger partial charge >= 0.3 is 0 Å². The molecule has 2 aromatic heterocycles. The van der Waals surface area contributed by atoms with E-state index in [2.05, 4.69) is 9.71 Å². The van der Waals surface area contributed by atoms with Crippen LogP contribution in [-0.2, 0) is 23.7 Å². The van der Waals surface area contributed by atoms with Gasteiger partial charge in [0, 0.05) is 36.0 Å². The number of hydrogen-bond donors (Lipinski definition) is 3. The molecule has 0 saturated carbocycles. The van der Waals surface area contributed by atoms with Crippen LogP contribution in [0.2, 0.25) is 5.02 Å². The van der Waals surface area contributed by atoms with E-state index in [1.54, 1.807) is 49.1 Å². The van der Waals surface area contributed by atoms with Crippen LogP contribution in [0.3, 0.4) is 0 Å². The van der Waals surface area contributed by atoms with Crippen molar-refractivity contribution >= 4 is 44.0 Å². The Kier molecular flexibility index (Phi) is 5.58. The van der Waals surface area contributed by atoms with Gasteiger partial charge in [0.05, 0.1) is 22.8 Å². The lowest BCUT2D eigenvalue weighted by atomic mass is 10.0. The number of nitrogen functional groups attached to an aromatic ring is 1. The van der Waals surface area contributed by atoms with E-state index in [-0.39, 0.29) is 32.6 Å². The number of aryl methyl sites for hydroxylation is 2. The van der Waals surface area contributed by atoms with Gasteiger partial charge in [-0.2, -0.15) is 0 Å². The van der Waals surface area contributed by atoms with Gasteiger partial charge in [-0.1, -0.05) is 29.8 Å². The smallest absolute Gasteiger partial charge is 0.263 e. The molecular formula is C22H20ClFN4O3S. The average Bonchev–Trinajstić information content (AvgIpc) is 3.08. The molecule has 0 aliphatic heterocycles. The van der Waals surface area contributed by atoms with Crippen molar-refractivity contribution in [1.82, 2.24) is 9.55 Å². The van der Waals surface area contributed by atoms with Gasteiger partial charge in [0.25, 0.3) is 10.0 Å². The van der Waals surface area contributed by atoms with E-state index in [9.17, 15) is 13.5 Å². The molecule has 0 saturated heterocycles. The van der Waals surface area contributed by atoms with E-state index in [1.807, 2.05) is 0 Å². The van der Waals surface area contributed by atoms with E-state index in [0.29, 0.717) is 16.5 Å². The lowest BCUT2D eigenvalue weighted by molar-refractivity contribution is 0.281. The quantitative estimate of drug-likeness (QED) is 0.401. The first-order chi connectivity index (χ1) is 15.1. The van der Waals surface area contributed by atoms with Crippen LogP contribution in [-0.4, -0.2) is 23.1 Å². The lowest BCUT2D eigenvalue weighted by Crippen LogP contribution is -2.15. The van der Waals surface area contributed by atoms with Gasteiger partial charge in [-0.25, -0.2) is 17.8 Å². The van der Waals surface area contributed by atoms with Gasteiger partial charge < -0.3 is 15.4 Å². The highest BCUT2D eigenvalue weighted by Crippen LogP contribution is 2.37. The number of nitrogens with two attached hydrogens (primary N) is 1. The molecule has 2 heterocycles. The number of aliphatic hydroxyl groups is 1. The van der Waals surface area contributed by atoms with Crippen molar-refractivity contribution in [2.45, 2.75) is 18.4 Å². The molecule has 0 aliphatic carbocycles. The Balaban J connectivity index is 1.83. The normalized spacial score (nSPS) is 11.8. The van der Waals surface area contributed by atoms with Crippen molar-refractivity contribution in [1.29, 1.82) is 0 Å². The monoisotopic (exact) mass is 474 g/mol. The molecule has 4 aromatic rings. The zero-order chi connectivity index (χ0) is 23.2. The molecule has 0 bridgehead atoms. The minimum Gasteiger partial charge on any atom is -0.392 e. The lowest BCUT2D eigenvalue weighted by Gasteiger charge is -2.14. The SMILES string of the molecule is Cc1cc(CO)c(Cl)c(S(=O)(=O)Nc2cccc(-c3cn(C)c4ccnc(N)c34)c2F)c1. The maximum atomic E-state index is 15.5. The van der Waals surface area contributed by atoms with E-state index >= 15 is 4.39 Å². The van der Waals surface area contributed by atoms with Crippen LogP contribution in [0.1, 0.15) is 11.1 Å². The highest BCUT2D eigenvalue weighted by Gasteiger charge is 2.24. The first-order valence-corrected chi connectivity index (χ1v) is 11.4. The van der Waals surface area contributed by atoms with Crippen LogP contribution in [0, 0.1) is 12.7 Å². The molecule has 166 valence electrons. The predicted molar refractivity (Wildman–Crippen MR) is 123 cm³/mol. The number of pyridine rings is 1. The summed E-state index contributed by atoms with van der Waals surface area (Å²) in [5.74, 6) is -0.524. The summed E-state index contributed by atoms with van der Waals surface area (Å²) in [5.41, 5.74) is 8.07. The number of rotatable bonds is 5. The minimum atomic E-state index is -4.24. The summed E-state index contributed by atoms with van der Waals surface area (Å²) in [6.45, 7) is 1.25. The molecule has 10 heteroatoms. The fourth-order valence-electron chi connectivity index (χ4n) is 3.71. The Morgan fingerprint density at radius 1 is 1.25 bits per heavy atom. The molecule has 2 aromatic carbocycles. The number of benzene rings is 2. The molecule has 4 N–H and O–H groups in total. The fourth-order valence-corrected chi connectivity index (χ4v) is 5.45.